The molecule has 1 fully saturated rings. The minimum Gasteiger partial charge on any atom is -0.374 e. The number of hydrogen-bond acceptors (Lipinski definition) is 2. The summed E-state index contributed by atoms with van der Waals surface area (Å²) < 4.78 is 6.95. The number of benzene rings is 1. The molecular formula is C15H22BrNO. The van der Waals surface area contributed by atoms with Gasteiger partial charge in [0, 0.05) is 17.1 Å². The van der Waals surface area contributed by atoms with Gasteiger partial charge in [-0.15, -0.1) is 0 Å². The van der Waals surface area contributed by atoms with Gasteiger partial charge in [0.1, 0.15) is 0 Å². The minimum absolute atomic E-state index is 0.410. The second-order valence-corrected chi connectivity index (χ2v) is 6.20. The lowest BCUT2D eigenvalue weighted by atomic mass is 10.1. The highest BCUT2D eigenvalue weighted by molar-refractivity contribution is 9.10. The zero-order valence-electron chi connectivity index (χ0n) is 11.2. The van der Waals surface area contributed by atoms with E-state index >= 15 is 0 Å². The molecule has 0 bridgehead atoms. The van der Waals surface area contributed by atoms with E-state index in [-0.39, 0.29) is 0 Å². The van der Waals surface area contributed by atoms with Crippen LogP contribution in [0.2, 0.25) is 0 Å². The third-order valence-corrected chi connectivity index (χ3v) is 4.00. The lowest BCUT2D eigenvalue weighted by Crippen LogP contribution is -2.35. The third kappa shape index (κ3) is 4.38. The van der Waals surface area contributed by atoms with E-state index in [9.17, 15) is 0 Å². The third-order valence-electron chi connectivity index (χ3n) is 3.47. The van der Waals surface area contributed by atoms with Gasteiger partial charge >= 0.3 is 0 Å². The molecule has 0 amide bonds. The fourth-order valence-corrected chi connectivity index (χ4v) is 2.68. The van der Waals surface area contributed by atoms with Crippen LogP contribution >= 0.6 is 15.9 Å². The van der Waals surface area contributed by atoms with Crippen LogP contribution in [0.1, 0.15) is 32.3 Å². The molecule has 100 valence electrons. The molecule has 0 spiro atoms. The van der Waals surface area contributed by atoms with Crippen molar-refractivity contribution in [2.75, 3.05) is 6.54 Å². The summed E-state index contributed by atoms with van der Waals surface area (Å²) in [4.78, 5) is 0. The molecule has 1 aliphatic rings. The number of nitrogens with one attached hydrogen (secondary N) is 1. The Kier molecular flexibility index (Phi) is 5.22. The molecule has 1 heterocycles. The first-order valence-corrected chi connectivity index (χ1v) is 7.56. The fraction of sp³-hybridized carbons (Fsp3) is 0.600. The molecule has 3 heteroatoms. The van der Waals surface area contributed by atoms with E-state index in [1.54, 1.807) is 0 Å². The average molecular weight is 312 g/mol. The van der Waals surface area contributed by atoms with Gasteiger partial charge in [-0.05, 0) is 50.8 Å². The second-order valence-electron chi connectivity index (χ2n) is 5.29. The Bertz CT molecular complexity index is 365. The SMILES string of the molecule is CC(Cc1ccc(Br)cc1)NCC1CCC(C)O1. The van der Waals surface area contributed by atoms with Gasteiger partial charge in [-0.1, -0.05) is 28.1 Å². The van der Waals surface area contributed by atoms with E-state index in [0.29, 0.717) is 18.2 Å². The highest BCUT2D eigenvalue weighted by atomic mass is 79.9. The zero-order chi connectivity index (χ0) is 13.0. The van der Waals surface area contributed by atoms with Crippen LogP contribution < -0.4 is 5.32 Å². The quantitative estimate of drug-likeness (QED) is 0.898. The Labute approximate surface area is 118 Å². The summed E-state index contributed by atoms with van der Waals surface area (Å²) in [7, 11) is 0. The van der Waals surface area contributed by atoms with Gasteiger partial charge in [-0.2, -0.15) is 0 Å². The van der Waals surface area contributed by atoms with Crippen molar-refractivity contribution in [2.45, 2.75) is 51.4 Å². The number of halogens is 1. The maximum Gasteiger partial charge on any atom is 0.0704 e. The highest BCUT2D eigenvalue weighted by Gasteiger charge is 2.21. The Balaban J connectivity index is 1.71. The van der Waals surface area contributed by atoms with Crippen molar-refractivity contribution in [2.24, 2.45) is 0 Å². The molecule has 1 aromatic rings. The predicted octanol–water partition coefficient (Wildman–Crippen LogP) is 3.54. The first kappa shape index (κ1) is 14.0. The number of ether oxygens (including phenoxy) is 1. The number of rotatable bonds is 5. The van der Waals surface area contributed by atoms with Gasteiger partial charge in [0.2, 0.25) is 0 Å². The van der Waals surface area contributed by atoms with Crippen LogP contribution in [0.3, 0.4) is 0 Å². The maximum atomic E-state index is 5.81. The van der Waals surface area contributed by atoms with Crippen LogP contribution in [-0.2, 0) is 11.2 Å². The van der Waals surface area contributed by atoms with Crippen molar-refractivity contribution in [1.29, 1.82) is 0 Å². The standard InChI is InChI=1S/C15H22BrNO/c1-11(9-13-4-6-14(16)7-5-13)17-10-15-8-3-12(2)18-15/h4-7,11-12,15,17H,3,8-10H2,1-2H3. The van der Waals surface area contributed by atoms with Gasteiger partial charge in [0.25, 0.3) is 0 Å². The molecule has 0 radical (unpaired) electrons. The first-order chi connectivity index (χ1) is 8.63. The van der Waals surface area contributed by atoms with E-state index in [1.807, 2.05) is 0 Å². The number of hydrogen-bond donors (Lipinski definition) is 1. The summed E-state index contributed by atoms with van der Waals surface area (Å²) in [5.74, 6) is 0. The fourth-order valence-electron chi connectivity index (χ4n) is 2.41. The lowest BCUT2D eigenvalue weighted by molar-refractivity contribution is 0.0546. The van der Waals surface area contributed by atoms with E-state index in [1.165, 1.54) is 18.4 Å². The van der Waals surface area contributed by atoms with Crippen molar-refractivity contribution in [3.05, 3.63) is 34.3 Å². The minimum atomic E-state index is 0.410. The summed E-state index contributed by atoms with van der Waals surface area (Å²) in [6.45, 7) is 5.37. The Morgan fingerprint density at radius 2 is 2.06 bits per heavy atom. The van der Waals surface area contributed by atoms with Crippen LogP contribution in [0.25, 0.3) is 0 Å². The summed E-state index contributed by atoms with van der Waals surface area (Å²) in [6, 6.07) is 9.05. The second kappa shape index (κ2) is 6.69. The molecule has 1 saturated heterocycles. The topological polar surface area (TPSA) is 21.3 Å². The van der Waals surface area contributed by atoms with Crippen molar-refractivity contribution < 1.29 is 4.74 Å². The summed E-state index contributed by atoms with van der Waals surface area (Å²) in [6.07, 6.45) is 4.31. The molecule has 2 nitrogen and oxygen atoms in total. The molecule has 2 rings (SSSR count). The van der Waals surface area contributed by atoms with Crippen LogP contribution in [0, 0.1) is 0 Å². The smallest absolute Gasteiger partial charge is 0.0704 e. The molecular weight excluding hydrogens is 290 g/mol. The molecule has 1 aliphatic heterocycles. The largest absolute Gasteiger partial charge is 0.374 e. The average Bonchev–Trinajstić information content (AvgIpc) is 2.76. The zero-order valence-corrected chi connectivity index (χ0v) is 12.7. The predicted molar refractivity (Wildman–Crippen MR) is 78.9 cm³/mol. The van der Waals surface area contributed by atoms with E-state index in [0.717, 1.165) is 17.4 Å². The molecule has 1 aromatic carbocycles. The van der Waals surface area contributed by atoms with E-state index in [2.05, 4.69) is 59.4 Å². The summed E-state index contributed by atoms with van der Waals surface area (Å²) in [5.41, 5.74) is 1.37. The van der Waals surface area contributed by atoms with E-state index in [4.69, 9.17) is 4.74 Å². The van der Waals surface area contributed by atoms with Gasteiger partial charge in [-0.3, -0.25) is 0 Å². The van der Waals surface area contributed by atoms with E-state index < -0.39 is 0 Å². The molecule has 0 saturated carbocycles. The molecule has 3 atom stereocenters. The normalized spacial score (nSPS) is 25.3. The van der Waals surface area contributed by atoms with Crippen LogP contribution in [0.5, 0.6) is 0 Å². The summed E-state index contributed by atoms with van der Waals surface area (Å²) >= 11 is 3.46. The first-order valence-electron chi connectivity index (χ1n) is 6.77. The molecule has 0 aliphatic carbocycles. The van der Waals surface area contributed by atoms with Gasteiger partial charge in [0.05, 0.1) is 12.2 Å². The highest BCUT2D eigenvalue weighted by Crippen LogP contribution is 2.18. The van der Waals surface area contributed by atoms with Crippen molar-refractivity contribution in [3.8, 4) is 0 Å². The summed E-state index contributed by atoms with van der Waals surface area (Å²) in [5, 5.41) is 3.57. The lowest BCUT2D eigenvalue weighted by Gasteiger charge is -2.17. The van der Waals surface area contributed by atoms with Crippen molar-refractivity contribution >= 4 is 15.9 Å². The molecule has 1 N–H and O–H groups in total. The van der Waals surface area contributed by atoms with Crippen LogP contribution in [0.4, 0.5) is 0 Å². The van der Waals surface area contributed by atoms with Crippen LogP contribution in [-0.4, -0.2) is 24.8 Å². The van der Waals surface area contributed by atoms with Crippen molar-refractivity contribution in [3.63, 3.8) is 0 Å². The Morgan fingerprint density at radius 1 is 1.33 bits per heavy atom. The van der Waals surface area contributed by atoms with Crippen molar-refractivity contribution in [1.82, 2.24) is 5.32 Å². The van der Waals surface area contributed by atoms with Gasteiger partial charge in [-0.25, -0.2) is 0 Å². The molecule has 3 unspecified atom stereocenters. The van der Waals surface area contributed by atoms with Gasteiger partial charge < -0.3 is 10.1 Å². The van der Waals surface area contributed by atoms with Gasteiger partial charge in [0.15, 0.2) is 0 Å². The Hall–Kier alpha value is -0.380. The monoisotopic (exact) mass is 311 g/mol. The molecule has 0 aromatic heterocycles. The van der Waals surface area contributed by atoms with Crippen LogP contribution in [0.15, 0.2) is 28.7 Å². The maximum absolute atomic E-state index is 5.81. The molecule has 18 heavy (non-hydrogen) atoms. The Morgan fingerprint density at radius 3 is 2.67 bits per heavy atom.